The average molecular weight is 340 g/mol. The van der Waals surface area contributed by atoms with Gasteiger partial charge in [-0.3, -0.25) is 9.78 Å². The highest BCUT2D eigenvalue weighted by atomic mass is 16.5. The number of carbonyl (C=O) groups is 1. The topological polar surface area (TPSA) is 51.7 Å². The minimum absolute atomic E-state index is 0.0425. The van der Waals surface area contributed by atoms with Gasteiger partial charge in [0.15, 0.2) is 0 Å². The molecule has 25 heavy (non-hydrogen) atoms. The van der Waals surface area contributed by atoms with Gasteiger partial charge in [-0.05, 0) is 50.6 Å². The molecule has 1 aromatic heterocycles. The number of nitrogens with zero attached hydrogens (tertiary/aromatic N) is 2. The molecule has 132 valence electrons. The molecular formula is C20H24N2O3. The van der Waals surface area contributed by atoms with Crippen LogP contribution in [0, 0.1) is 6.92 Å². The lowest BCUT2D eigenvalue weighted by Gasteiger charge is -2.35. The highest BCUT2D eigenvalue weighted by Gasteiger charge is 2.26. The summed E-state index contributed by atoms with van der Waals surface area (Å²) in [5.74, 6) is 0.763. The van der Waals surface area contributed by atoms with Crippen molar-refractivity contribution in [3.8, 4) is 5.75 Å². The third kappa shape index (κ3) is 4.57. The lowest BCUT2D eigenvalue weighted by molar-refractivity contribution is -0.0586. The number of morpholine rings is 1. The molecule has 0 unspecified atom stereocenters. The van der Waals surface area contributed by atoms with Gasteiger partial charge in [-0.1, -0.05) is 12.1 Å². The highest BCUT2D eigenvalue weighted by molar-refractivity contribution is 5.94. The number of rotatable bonds is 4. The number of pyridine rings is 1. The number of aromatic nitrogens is 1. The van der Waals surface area contributed by atoms with Crippen molar-refractivity contribution in [2.24, 2.45) is 0 Å². The molecule has 0 bridgehead atoms. The number of amides is 1. The van der Waals surface area contributed by atoms with Gasteiger partial charge in [-0.2, -0.15) is 0 Å². The monoisotopic (exact) mass is 340 g/mol. The van der Waals surface area contributed by atoms with E-state index in [1.165, 1.54) is 0 Å². The second kappa shape index (κ2) is 7.66. The van der Waals surface area contributed by atoms with Crippen molar-refractivity contribution in [3.63, 3.8) is 0 Å². The maximum Gasteiger partial charge on any atom is 0.254 e. The minimum atomic E-state index is 0.0425. The molecule has 5 nitrogen and oxygen atoms in total. The molecule has 0 radical (unpaired) electrons. The standard InChI is InChI=1S/C20H24N2O3/c1-14-7-8-19(10-21-14)24-13-17-5-4-6-18(9-17)20(23)22-11-15(2)25-16(3)12-22/h4-10,15-16H,11-13H2,1-3H3/t15-,16-/m1/s1. The Morgan fingerprint density at radius 3 is 2.68 bits per heavy atom. The minimum Gasteiger partial charge on any atom is -0.487 e. The smallest absolute Gasteiger partial charge is 0.254 e. The van der Waals surface area contributed by atoms with Crippen LogP contribution in [-0.2, 0) is 11.3 Å². The van der Waals surface area contributed by atoms with Crippen molar-refractivity contribution >= 4 is 5.91 Å². The second-order valence-corrected chi connectivity index (χ2v) is 6.59. The zero-order valence-corrected chi connectivity index (χ0v) is 14.9. The van der Waals surface area contributed by atoms with Crippen molar-refractivity contribution in [1.82, 2.24) is 9.88 Å². The van der Waals surface area contributed by atoms with E-state index in [0.29, 0.717) is 25.3 Å². The van der Waals surface area contributed by atoms with Crippen LogP contribution < -0.4 is 4.74 Å². The van der Waals surface area contributed by atoms with E-state index < -0.39 is 0 Å². The molecule has 0 saturated carbocycles. The van der Waals surface area contributed by atoms with Gasteiger partial charge in [0.25, 0.3) is 5.91 Å². The van der Waals surface area contributed by atoms with Crippen LogP contribution >= 0.6 is 0 Å². The predicted molar refractivity (Wildman–Crippen MR) is 95.7 cm³/mol. The van der Waals surface area contributed by atoms with Crippen molar-refractivity contribution in [2.45, 2.75) is 39.6 Å². The molecular weight excluding hydrogens is 316 g/mol. The van der Waals surface area contributed by atoms with Crippen LogP contribution in [0.2, 0.25) is 0 Å². The molecule has 0 spiro atoms. The Morgan fingerprint density at radius 1 is 1.24 bits per heavy atom. The fraction of sp³-hybridized carbons (Fsp3) is 0.400. The van der Waals surface area contributed by atoms with Crippen molar-refractivity contribution in [2.75, 3.05) is 13.1 Å². The maximum absolute atomic E-state index is 12.8. The van der Waals surface area contributed by atoms with Crippen LogP contribution in [0.4, 0.5) is 0 Å². The number of carbonyl (C=O) groups excluding carboxylic acids is 1. The number of aryl methyl sites for hydroxylation is 1. The first-order valence-corrected chi connectivity index (χ1v) is 8.60. The lowest BCUT2D eigenvalue weighted by Crippen LogP contribution is -2.48. The van der Waals surface area contributed by atoms with Gasteiger partial charge in [-0.25, -0.2) is 0 Å². The summed E-state index contributed by atoms with van der Waals surface area (Å²) in [6.45, 7) is 7.58. The Bertz CT molecular complexity index is 720. The molecule has 1 fully saturated rings. The quantitative estimate of drug-likeness (QED) is 0.857. The highest BCUT2D eigenvalue weighted by Crippen LogP contribution is 2.17. The summed E-state index contributed by atoms with van der Waals surface area (Å²) in [5, 5.41) is 0. The molecule has 5 heteroatoms. The normalized spacial score (nSPS) is 20.4. The average Bonchev–Trinajstić information content (AvgIpc) is 2.60. The molecule has 1 amide bonds. The first-order valence-electron chi connectivity index (χ1n) is 8.60. The van der Waals surface area contributed by atoms with Gasteiger partial charge >= 0.3 is 0 Å². The first-order chi connectivity index (χ1) is 12.0. The van der Waals surface area contributed by atoms with Gasteiger partial charge in [0.1, 0.15) is 12.4 Å². The Hall–Kier alpha value is -2.40. The van der Waals surface area contributed by atoms with Gasteiger partial charge in [0.2, 0.25) is 0 Å². The van der Waals surface area contributed by atoms with Gasteiger partial charge in [-0.15, -0.1) is 0 Å². The predicted octanol–water partition coefficient (Wildman–Crippen LogP) is 3.22. The summed E-state index contributed by atoms with van der Waals surface area (Å²) in [7, 11) is 0. The zero-order valence-electron chi connectivity index (χ0n) is 14.9. The second-order valence-electron chi connectivity index (χ2n) is 6.59. The molecule has 0 aliphatic carbocycles. The van der Waals surface area contributed by atoms with E-state index in [9.17, 15) is 4.79 Å². The molecule has 1 aliphatic rings. The van der Waals surface area contributed by atoms with Crippen molar-refractivity contribution in [1.29, 1.82) is 0 Å². The van der Waals surface area contributed by atoms with Crippen LogP contribution in [0.3, 0.4) is 0 Å². The summed E-state index contributed by atoms with van der Waals surface area (Å²) in [5.41, 5.74) is 2.60. The van der Waals surface area contributed by atoms with E-state index in [2.05, 4.69) is 4.98 Å². The number of hydrogen-bond acceptors (Lipinski definition) is 4. The van der Waals surface area contributed by atoms with E-state index >= 15 is 0 Å². The Kier molecular flexibility index (Phi) is 5.34. The van der Waals surface area contributed by atoms with Crippen LogP contribution in [0.5, 0.6) is 5.75 Å². The van der Waals surface area contributed by atoms with Crippen LogP contribution in [0.1, 0.15) is 35.5 Å². The van der Waals surface area contributed by atoms with Gasteiger partial charge in [0.05, 0.1) is 18.4 Å². The Balaban J connectivity index is 1.66. The van der Waals surface area contributed by atoms with E-state index in [4.69, 9.17) is 9.47 Å². The molecule has 2 aromatic rings. The summed E-state index contributed by atoms with van der Waals surface area (Å²) in [4.78, 5) is 18.9. The van der Waals surface area contributed by atoms with Crippen LogP contribution in [0.15, 0.2) is 42.6 Å². The lowest BCUT2D eigenvalue weighted by atomic mass is 10.1. The third-order valence-electron chi connectivity index (χ3n) is 4.17. The van der Waals surface area contributed by atoms with Crippen LogP contribution in [0.25, 0.3) is 0 Å². The summed E-state index contributed by atoms with van der Waals surface area (Å²) in [6, 6.07) is 11.4. The maximum atomic E-state index is 12.8. The molecule has 0 N–H and O–H groups in total. The van der Waals surface area contributed by atoms with Crippen molar-refractivity contribution < 1.29 is 14.3 Å². The molecule has 3 rings (SSSR count). The molecule has 1 aliphatic heterocycles. The van der Waals surface area contributed by atoms with Crippen molar-refractivity contribution in [3.05, 3.63) is 59.4 Å². The fourth-order valence-corrected chi connectivity index (χ4v) is 3.03. The molecule has 2 atom stereocenters. The molecule has 1 aromatic carbocycles. The largest absolute Gasteiger partial charge is 0.487 e. The Morgan fingerprint density at radius 2 is 2.00 bits per heavy atom. The number of ether oxygens (including phenoxy) is 2. The van der Waals surface area contributed by atoms with Crippen LogP contribution in [-0.4, -0.2) is 41.1 Å². The molecule has 2 heterocycles. The SMILES string of the molecule is Cc1ccc(OCc2cccc(C(=O)N3C[C@@H](C)O[C@H](C)C3)c2)cn1. The van der Waals surface area contributed by atoms with E-state index in [1.807, 2.05) is 62.1 Å². The fourth-order valence-electron chi connectivity index (χ4n) is 3.03. The summed E-state index contributed by atoms with van der Waals surface area (Å²) in [6.07, 6.45) is 1.84. The Labute approximate surface area is 148 Å². The first kappa shape index (κ1) is 17.4. The van der Waals surface area contributed by atoms with E-state index in [-0.39, 0.29) is 18.1 Å². The zero-order chi connectivity index (χ0) is 17.8. The summed E-state index contributed by atoms with van der Waals surface area (Å²) >= 11 is 0. The van der Waals surface area contributed by atoms with Gasteiger partial charge < -0.3 is 14.4 Å². The van der Waals surface area contributed by atoms with E-state index in [1.54, 1.807) is 6.20 Å². The number of hydrogen-bond donors (Lipinski definition) is 0. The number of benzene rings is 1. The van der Waals surface area contributed by atoms with Gasteiger partial charge in [0, 0.05) is 24.3 Å². The molecule has 1 saturated heterocycles. The summed E-state index contributed by atoms with van der Waals surface area (Å²) < 4.78 is 11.5. The van der Waals surface area contributed by atoms with E-state index in [0.717, 1.165) is 17.0 Å². The third-order valence-corrected chi connectivity index (χ3v) is 4.17.